The minimum Gasteiger partial charge on any atom is -0.309 e. The van der Waals surface area contributed by atoms with Crippen molar-refractivity contribution < 1.29 is 4.39 Å². The van der Waals surface area contributed by atoms with Crippen molar-refractivity contribution in [2.24, 2.45) is 0 Å². The van der Waals surface area contributed by atoms with E-state index in [-0.39, 0.29) is 17.3 Å². The van der Waals surface area contributed by atoms with Gasteiger partial charge in [-0.1, -0.05) is 62.7 Å². The number of nitrogens with one attached hydrogen (secondary N) is 1. The smallest absolute Gasteiger partial charge is 0.129 e. The lowest BCUT2D eigenvalue weighted by Gasteiger charge is -2.22. The van der Waals surface area contributed by atoms with Crippen molar-refractivity contribution in [3.63, 3.8) is 0 Å². The van der Waals surface area contributed by atoms with Crippen LogP contribution in [-0.2, 0) is 5.41 Å². The lowest BCUT2D eigenvalue weighted by molar-refractivity contribution is 0.573. The first kappa shape index (κ1) is 16.0. The van der Waals surface area contributed by atoms with Gasteiger partial charge in [-0.2, -0.15) is 0 Å². The van der Waals surface area contributed by atoms with Gasteiger partial charge in [-0.25, -0.2) is 4.39 Å². The maximum absolute atomic E-state index is 14.1. The topological polar surface area (TPSA) is 12.0 Å². The van der Waals surface area contributed by atoms with Gasteiger partial charge in [0.15, 0.2) is 0 Å². The molecule has 0 radical (unpaired) electrons. The molecule has 0 aromatic heterocycles. The van der Waals surface area contributed by atoms with Gasteiger partial charge in [0.25, 0.3) is 0 Å². The molecule has 0 fully saturated rings. The van der Waals surface area contributed by atoms with Crippen LogP contribution in [0.15, 0.2) is 42.5 Å². The van der Waals surface area contributed by atoms with Crippen molar-refractivity contribution in [1.29, 1.82) is 0 Å². The van der Waals surface area contributed by atoms with E-state index in [9.17, 15) is 4.39 Å². The van der Waals surface area contributed by atoms with Crippen molar-refractivity contribution in [2.45, 2.75) is 32.2 Å². The van der Waals surface area contributed by atoms with Crippen LogP contribution in [0.2, 0.25) is 5.02 Å². The monoisotopic (exact) mass is 305 g/mol. The third kappa shape index (κ3) is 3.63. The van der Waals surface area contributed by atoms with Crippen LogP contribution in [0.25, 0.3) is 0 Å². The first-order valence-electron chi connectivity index (χ1n) is 7.05. The SMILES string of the molecule is CNC(c1ccc(C(C)(C)C)cc1)c1ccc(Cl)cc1F. The Hall–Kier alpha value is -1.38. The van der Waals surface area contributed by atoms with Crippen LogP contribution in [0.1, 0.15) is 43.5 Å². The van der Waals surface area contributed by atoms with Gasteiger partial charge in [0.05, 0.1) is 6.04 Å². The molecule has 2 rings (SSSR count). The van der Waals surface area contributed by atoms with Crippen LogP contribution >= 0.6 is 11.6 Å². The normalized spacial score (nSPS) is 13.2. The molecule has 0 spiro atoms. The minimum absolute atomic E-state index is 0.110. The zero-order chi connectivity index (χ0) is 15.6. The fraction of sp³-hybridized carbons (Fsp3) is 0.333. The summed E-state index contributed by atoms with van der Waals surface area (Å²) in [6, 6.07) is 12.9. The van der Waals surface area contributed by atoms with Crippen LogP contribution in [0.5, 0.6) is 0 Å². The Balaban J connectivity index is 2.37. The van der Waals surface area contributed by atoms with Gasteiger partial charge in [0, 0.05) is 10.6 Å². The van der Waals surface area contributed by atoms with Crippen LogP contribution < -0.4 is 5.32 Å². The molecule has 2 aromatic rings. The molecule has 1 nitrogen and oxygen atoms in total. The Bertz CT molecular complexity index is 614. The number of benzene rings is 2. The summed E-state index contributed by atoms with van der Waals surface area (Å²) in [4.78, 5) is 0. The third-order valence-electron chi connectivity index (χ3n) is 3.67. The second kappa shape index (κ2) is 6.17. The van der Waals surface area contributed by atoms with E-state index in [0.717, 1.165) is 5.56 Å². The van der Waals surface area contributed by atoms with Crippen LogP contribution in [0.3, 0.4) is 0 Å². The summed E-state index contributed by atoms with van der Waals surface area (Å²) in [5.41, 5.74) is 3.01. The molecule has 3 heteroatoms. The van der Waals surface area contributed by atoms with Crippen molar-refractivity contribution in [2.75, 3.05) is 7.05 Å². The van der Waals surface area contributed by atoms with Crippen molar-refractivity contribution >= 4 is 11.6 Å². The second-order valence-electron chi connectivity index (χ2n) is 6.26. The molecule has 1 unspecified atom stereocenters. The highest BCUT2D eigenvalue weighted by Gasteiger charge is 2.18. The van der Waals surface area contributed by atoms with E-state index in [1.54, 1.807) is 12.1 Å². The maximum atomic E-state index is 14.1. The van der Waals surface area contributed by atoms with Crippen LogP contribution in [-0.4, -0.2) is 7.05 Å². The Kier molecular flexibility index (Phi) is 4.70. The zero-order valence-corrected chi connectivity index (χ0v) is 13.6. The first-order valence-corrected chi connectivity index (χ1v) is 7.43. The fourth-order valence-corrected chi connectivity index (χ4v) is 2.57. The van der Waals surface area contributed by atoms with Gasteiger partial charge in [0.1, 0.15) is 5.82 Å². The van der Waals surface area contributed by atoms with Gasteiger partial charge in [0.2, 0.25) is 0 Å². The molecule has 1 atom stereocenters. The Morgan fingerprint density at radius 3 is 2.14 bits per heavy atom. The van der Waals surface area contributed by atoms with E-state index in [4.69, 9.17) is 11.6 Å². The predicted molar refractivity (Wildman–Crippen MR) is 87.5 cm³/mol. The Morgan fingerprint density at radius 1 is 1.05 bits per heavy atom. The fourth-order valence-electron chi connectivity index (χ4n) is 2.41. The summed E-state index contributed by atoms with van der Waals surface area (Å²) in [6.45, 7) is 6.53. The average Bonchev–Trinajstić information content (AvgIpc) is 2.41. The molecule has 0 aliphatic carbocycles. The van der Waals surface area contributed by atoms with Gasteiger partial charge in [-0.15, -0.1) is 0 Å². The molecule has 0 heterocycles. The van der Waals surface area contributed by atoms with Crippen molar-refractivity contribution in [1.82, 2.24) is 5.32 Å². The maximum Gasteiger partial charge on any atom is 0.129 e. The zero-order valence-electron chi connectivity index (χ0n) is 12.9. The summed E-state index contributed by atoms with van der Waals surface area (Å²) in [5.74, 6) is -0.290. The quantitative estimate of drug-likeness (QED) is 0.833. The summed E-state index contributed by atoms with van der Waals surface area (Å²) < 4.78 is 14.1. The molecular formula is C18H21ClFN. The van der Waals surface area contributed by atoms with E-state index in [1.807, 2.05) is 7.05 Å². The molecule has 112 valence electrons. The molecule has 0 aliphatic heterocycles. The predicted octanol–water partition coefficient (Wildman–Crippen LogP) is 5.09. The number of rotatable bonds is 3. The van der Waals surface area contributed by atoms with Crippen molar-refractivity contribution in [3.8, 4) is 0 Å². The van der Waals surface area contributed by atoms with E-state index in [1.165, 1.54) is 11.6 Å². The minimum atomic E-state index is -0.290. The number of hydrogen-bond acceptors (Lipinski definition) is 1. The summed E-state index contributed by atoms with van der Waals surface area (Å²) >= 11 is 5.82. The number of hydrogen-bond donors (Lipinski definition) is 1. The van der Waals surface area contributed by atoms with Gasteiger partial charge >= 0.3 is 0 Å². The van der Waals surface area contributed by atoms with Gasteiger partial charge < -0.3 is 5.32 Å². The molecule has 2 aromatic carbocycles. The van der Waals surface area contributed by atoms with Gasteiger partial charge in [-0.3, -0.25) is 0 Å². The molecule has 0 aliphatic rings. The van der Waals surface area contributed by atoms with Crippen LogP contribution in [0.4, 0.5) is 4.39 Å². The standard InChI is InChI=1S/C18H21ClFN/c1-18(2,3)13-7-5-12(6-8-13)17(21-4)15-10-9-14(19)11-16(15)20/h5-11,17,21H,1-4H3. The molecule has 0 bridgehead atoms. The number of halogens is 2. The molecular weight excluding hydrogens is 285 g/mol. The van der Waals surface area contributed by atoms with E-state index >= 15 is 0 Å². The van der Waals surface area contributed by atoms with Crippen molar-refractivity contribution in [3.05, 3.63) is 70.0 Å². The third-order valence-corrected chi connectivity index (χ3v) is 3.91. The summed E-state index contributed by atoms with van der Waals surface area (Å²) in [5, 5.41) is 3.58. The van der Waals surface area contributed by atoms with Crippen LogP contribution in [0, 0.1) is 5.82 Å². The van der Waals surface area contributed by atoms with E-state index in [2.05, 4.69) is 50.4 Å². The molecule has 0 amide bonds. The largest absolute Gasteiger partial charge is 0.309 e. The average molecular weight is 306 g/mol. The highest BCUT2D eigenvalue weighted by Crippen LogP contribution is 2.28. The first-order chi connectivity index (χ1) is 9.82. The summed E-state index contributed by atoms with van der Waals surface area (Å²) in [7, 11) is 1.83. The molecule has 21 heavy (non-hydrogen) atoms. The lowest BCUT2D eigenvalue weighted by atomic mass is 9.86. The second-order valence-corrected chi connectivity index (χ2v) is 6.70. The van der Waals surface area contributed by atoms with Gasteiger partial charge in [-0.05, 0) is 35.7 Å². The summed E-state index contributed by atoms with van der Waals surface area (Å²) in [6.07, 6.45) is 0. The van der Waals surface area contributed by atoms with E-state index < -0.39 is 0 Å². The van der Waals surface area contributed by atoms with E-state index in [0.29, 0.717) is 10.6 Å². The highest BCUT2D eigenvalue weighted by atomic mass is 35.5. The Labute approximate surface area is 131 Å². The molecule has 1 N–H and O–H groups in total. The Morgan fingerprint density at radius 2 is 1.67 bits per heavy atom. The lowest BCUT2D eigenvalue weighted by Crippen LogP contribution is -2.19. The molecule has 0 saturated heterocycles. The highest BCUT2D eigenvalue weighted by molar-refractivity contribution is 6.30. The molecule has 0 saturated carbocycles.